The van der Waals surface area contributed by atoms with Crippen molar-refractivity contribution >= 4 is 21.5 Å². The van der Waals surface area contributed by atoms with Crippen LogP contribution in [-0.2, 0) is 10.2 Å². The van der Waals surface area contributed by atoms with E-state index in [2.05, 4.69) is 9.97 Å². The Balaban J connectivity index is 1.83. The van der Waals surface area contributed by atoms with Crippen LogP contribution >= 0.6 is 11.3 Å². The minimum Gasteiger partial charge on any atom is -0.254 e. The summed E-state index contributed by atoms with van der Waals surface area (Å²) < 4.78 is 27.5. The van der Waals surface area contributed by atoms with E-state index in [-0.39, 0.29) is 5.92 Å². The van der Waals surface area contributed by atoms with Crippen LogP contribution in [-0.4, -0.2) is 54.2 Å². The van der Waals surface area contributed by atoms with E-state index in [0.29, 0.717) is 13.1 Å². The molecule has 2 aromatic rings. The normalized spacial score (nSPS) is 20.0. The minimum atomic E-state index is -3.35. The molecule has 3 rings (SSSR count). The van der Waals surface area contributed by atoms with Crippen LogP contribution in [0.4, 0.5) is 0 Å². The van der Waals surface area contributed by atoms with Crippen molar-refractivity contribution in [1.29, 1.82) is 0 Å². The van der Waals surface area contributed by atoms with Gasteiger partial charge in [0, 0.05) is 45.0 Å². The van der Waals surface area contributed by atoms with Gasteiger partial charge in [0.05, 0.1) is 5.69 Å². The molecule has 0 saturated carbocycles. The Labute approximate surface area is 141 Å². The van der Waals surface area contributed by atoms with Crippen LogP contribution < -0.4 is 0 Å². The Hall–Kier alpha value is -1.35. The maximum absolute atomic E-state index is 12.3. The average molecular weight is 352 g/mol. The van der Waals surface area contributed by atoms with Crippen LogP contribution in [0.25, 0.3) is 10.7 Å². The molecule has 2 aromatic heterocycles. The quantitative estimate of drug-likeness (QED) is 0.846. The smallest absolute Gasteiger partial charge is 0.254 e. The Morgan fingerprint density at radius 2 is 2.13 bits per heavy atom. The molecule has 1 fully saturated rings. The third kappa shape index (κ3) is 3.45. The molecule has 0 aliphatic carbocycles. The molecule has 0 N–H and O–H groups in total. The lowest BCUT2D eigenvalue weighted by molar-refractivity contribution is 0.298. The van der Waals surface area contributed by atoms with Gasteiger partial charge >= 0.3 is 0 Å². The van der Waals surface area contributed by atoms with Gasteiger partial charge in [-0.15, -0.1) is 11.3 Å². The fourth-order valence-corrected chi connectivity index (χ4v) is 4.62. The zero-order chi connectivity index (χ0) is 16.4. The molecule has 6 nitrogen and oxygen atoms in total. The number of hydrogen-bond acceptors (Lipinski definition) is 5. The van der Waals surface area contributed by atoms with E-state index in [1.165, 1.54) is 4.31 Å². The van der Waals surface area contributed by atoms with Gasteiger partial charge in [-0.25, -0.2) is 4.98 Å². The Morgan fingerprint density at radius 3 is 2.83 bits per heavy atom. The van der Waals surface area contributed by atoms with Crippen LogP contribution in [0.5, 0.6) is 0 Å². The van der Waals surface area contributed by atoms with Gasteiger partial charge in [-0.3, -0.25) is 4.98 Å². The maximum Gasteiger partial charge on any atom is 0.281 e. The first kappa shape index (κ1) is 16.5. The minimum absolute atomic E-state index is 0.195. The van der Waals surface area contributed by atoms with Crippen LogP contribution in [0.3, 0.4) is 0 Å². The predicted molar refractivity (Wildman–Crippen MR) is 91.5 cm³/mol. The summed E-state index contributed by atoms with van der Waals surface area (Å²) in [6.07, 6.45) is 5.40. The number of hydrogen-bond donors (Lipinski definition) is 0. The molecule has 1 saturated heterocycles. The Morgan fingerprint density at radius 1 is 1.30 bits per heavy atom. The number of pyridine rings is 1. The molecule has 8 heteroatoms. The van der Waals surface area contributed by atoms with E-state index < -0.39 is 10.2 Å². The first-order valence-electron chi connectivity index (χ1n) is 7.52. The van der Waals surface area contributed by atoms with Crippen molar-refractivity contribution in [3.8, 4) is 10.7 Å². The van der Waals surface area contributed by atoms with Gasteiger partial charge in [0.25, 0.3) is 10.2 Å². The van der Waals surface area contributed by atoms with Crippen LogP contribution in [0, 0.1) is 0 Å². The Bertz CT molecular complexity index is 760. The molecule has 1 aliphatic rings. The maximum atomic E-state index is 12.3. The fourth-order valence-electron chi connectivity index (χ4n) is 2.82. The van der Waals surface area contributed by atoms with Crippen molar-refractivity contribution in [2.75, 3.05) is 27.2 Å². The molecule has 124 valence electrons. The fraction of sp³-hybridized carbons (Fsp3) is 0.467. The van der Waals surface area contributed by atoms with Crippen molar-refractivity contribution in [3.63, 3.8) is 0 Å². The van der Waals surface area contributed by atoms with Gasteiger partial charge in [0.1, 0.15) is 5.01 Å². The molecule has 0 amide bonds. The van der Waals surface area contributed by atoms with Gasteiger partial charge in [0.2, 0.25) is 0 Å². The molecule has 0 radical (unpaired) electrons. The lowest BCUT2D eigenvalue weighted by Gasteiger charge is -2.33. The molecule has 0 spiro atoms. The summed E-state index contributed by atoms with van der Waals surface area (Å²) in [6.45, 7) is 1.10. The standard InChI is InChI=1S/C15H20N4O2S2/c1-18(2)23(20,21)19-8-3-4-13(11-19)12-5-6-16-14(10-12)15-17-7-9-22-15/h5-7,9-10,13H,3-4,8,11H2,1-2H3/t13-/m1/s1. The lowest BCUT2D eigenvalue weighted by Crippen LogP contribution is -2.44. The third-order valence-electron chi connectivity index (χ3n) is 4.08. The van der Waals surface area contributed by atoms with Crippen molar-refractivity contribution in [2.45, 2.75) is 18.8 Å². The van der Waals surface area contributed by atoms with Gasteiger partial charge in [-0.1, -0.05) is 0 Å². The van der Waals surface area contributed by atoms with Crippen LogP contribution in [0.15, 0.2) is 29.9 Å². The van der Waals surface area contributed by atoms with E-state index in [9.17, 15) is 8.42 Å². The third-order valence-corrected chi connectivity index (χ3v) is 6.78. The second-order valence-corrected chi connectivity index (χ2v) is 8.84. The number of thiazole rings is 1. The highest BCUT2D eigenvalue weighted by Crippen LogP contribution is 2.30. The van der Waals surface area contributed by atoms with Crippen molar-refractivity contribution in [2.24, 2.45) is 0 Å². The van der Waals surface area contributed by atoms with E-state index >= 15 is 0 Å². The first-order valence-corrected chi connectivity index (χ1v) is 9.79. The first-order chi connectivity index (χ1) is 11.0. The van der Waals surface area contributed by atoms with Crippen LogP contribution in [0.2, 0.25) is 0 Å². The van der Waals surface area contributed by atoms with Gasteiger partial charge in [-0.2, -0.15) is 17.0 Å². The average Bonchev–Trinajstić information content (AvgIpc) is 3.09. The van der Waals surface area contributed by atoms with E-state index in [1.807, 2.05) is 17.5 Å². The predicted octanol–water partition coefficient (Wildman–Crippen LogP) is 2.19. The van der Waals surface area contributed by atoms with Crippen molar-refractivity contribution in [3.05, 3.63) is 35.5 Å². The van der Waals surface area contributed by atoms with E-state index in [1.54, 1.807) is 42.1 Å². The molecule has 1 aliphatic heterocycles. The van der Waals surface area contributed by atoms with Crippen molar-refractivity contribution in [1.82, 2.24) is 18.6 Å². The largest absolute Gasteiger partial charge is 0.281 e. The van der Waals surface area contributed by atoms with Crippen LogP contribution in [0.1, 0.15) is 24.3 Å². The SMILES string of the molecule is CN(C)S(=O)(=O)N1CCC[C@@H](c2ccnc(-c3nccs3)c2)C1. The molecule has 0 unspecified atom stereocenters. The number of nitrogens with zero attached hydrogens (tertiary/aromatic N) is 4. The highest BCUT2D eigenvalue weighted by molar-refractivity contribution is 7.86. The molecule has 23 heavy (non-hydrogen) atoms. The monoisotopic (exact) mass is 352 g/mol. The summed E-state index contributed by atoms with van der Waals surface area (Å²) in [7, 11) is -0.203. The zero-order valence-electron chi connectivity index (χ0n) is 13.2. The lowest BCUT2D eigenvalue weighted by atomic mass is 9.92. The topological polar surface area (TPSA) is 66.4 Å². The summed E-state index contributed by atoms with van der Waals surface area (Å²) in [5, 5.41) is 2.82. The van der Waals surface area contributed by atoms with Gasteiger partial charge in [0.15, 0.2) is 0 Å². The second-order valence-electron chi connectivity index (χ2n) is 5.80. The highest BCUT2D eigenvalue weighted by Gasteiger charge is 2.31. The molecular weight excluding hydrogens is 332 g/mol. The molecule has 3 heterocycles. The number of aromatic nitrogens is 2. The molecule has 0 bridgehead atoms. The van der Waals surface area contributed by atoms with E-state index in [4.69, 9.17) is 0 Å². The summed E-state index contributed by atoms with van der Waals surface area (Å²) in [5.41, 5.74) is 1.98. The summed E-state index contributed by atoms with van der Waals surface area (Å²) in [4.78, 5) is 8.67. The molecular formula is C15H20N4O2S2. The number of piperidine rings is 1. The molecule has 1 atom stereocenters. The van der Waals surface area contributed by atoms with Gasteiger partial charge < -0.3 is 0 Å². The zero-order valence-corrected chi connectivity index (χ0v) is 14.8. The second kappa shape index (κ2) is 6.64. The highest BCUT2D eigenvalue weighted by atomic mass is 32.2. The van der Waals surface area contributed by atoms with E-state index in [0.717, 1.165) is 29.1 Å². The molecule has 0 aromatic carbocycles. The number of rotatable bonds is 4. The Kier molecular flexibility index (Phi) is 4.77. The van der Waals surface area contributed by atoms with Crippen molar-refractivity contribution < 1.29 is 8.42 Å². The summed E-state index contributed by atoms with van der Waals surface area (Å²) >= 11 is 1.55. The summed E-state index contributed by atoms with van der Waals surface area (Å²) in [5.74, 6) is 0.195. The van der Waals surface area contributed by atoms with Gasteiger partial charge in [-0.05, 0) is 36.5 Å². The summed E-state index contributed by atoms with van der Waals surface area (Å²) in [6, 6.07) is 4.02.